The second-order valence-corrected chi connectivity index (χ2v) is 7.85. The predicted octanol–water partition coefficient (Wildman–Crippen LogP) is 3.41. The van der Waals surface area contributed by atoms with Gasteiger partial charge in [0.1, 0.15) is 12.0 Å². The number of aromatic nitrogens is 2. The van der Waals surface area contributed by atoms with Gasteiger partial charge in [-0.3, -0.25) is 14.4 Å². The Kier molecular flexibility index (Phi) is 5.06. The van der Waals surface area contributed by atoms with E-state index in [1.807, 2.05) is 33.7 Å². The van der Waals surface area contributed by atoms with E-state index in [0.29, 0.717) is 36.5 Å². The van der Waals surface area contributed by atoms with Gasteiger partial charge in [0.05, 0.1) is 24.4 Å². The summed E-state index contributed by atoms with van der Waals surface area (Å²) in [7, 11) is 1.71. The summed E-state index contributed by atoms with van der Waals surface area (Å²) in [6, 6.07) is 12.5. The van der Waals surface area contributed by atoms with Gasteiger partial charge in [-0.2, -0.15) is 0 Å². The van der Waals surface area contributed by atoms with Crippen LogP contribution in [0.1, 0.15) is 18.2 Å². The van der Waals surface area contributed by atoms with Gasteiger partial charge in [0.15, 0.2) is 0 Å². The molecule has 1 atom stereocenters. The summed E-state index contributed by atoms with van der Waals surface area (Å²) in [4.78, 5) is 13.8. The van der Waals surface area contributed by atoms with E-state index in [4.69, 9.17) is 26.3 Å². The quantitative estimate of drug-likeness (QED) is 0.631. The molecule has 5 rings (SSSR count). The number of guanidine groups is 1. The number of ether oxygens (including phenoxy) is 1. The van der Waals surface area contributed by atoms with Crippen molar-refractivity contribution in [1.29, 1.82) is 0 Å². The molecule has 3 heterocycles. The van der Waals surface area contributed by atoms with Crippen LogP contribution in [0.25, 0.3) is 11.0 Å². The molecule has 7 nitrogen and oxygen atoms in total. The fourth-order valence-corrected chi connectivity index (χ4v) is 4.20. The van der Waals surface area contributed by atoms with Crippen LogP contribution in [-0.4, -0.2) is 54.0 Å². The Morgan fingerprint density at radius 1 is 1.27 bits per heavy atom. The number of fused-ring (bicyclic) bond motifs is 5. The lowest BCUT2D eigenvalue weighted by molar-refractivity contribution is 0.171. The molecule has 0 aliphatic carbocycles. The summed E-state index contributed by atoms with van der Waals surface area (Å²) < 4.78 is 22.0. The molecular formula is C21H22ClFN6O. The fourth-order valence-electron chi connectivity index (χ4n) is 4.02. The summed E-state index contributed by atoms with van der Waals surface area (Å²) in [5.74, 6) is 1.09. The van der Waals surface area contributed by atoms with E-state index in [2.05, 4.69) is 10.2 Å². The third kappa shape index (κ3) is 3.30. The first kappa shape index (κ1) is 19.3. The number of hydrogen-bond donors (Lipinski definition) is 1. The Labute approximate surface area is 178 Å². The molecule has 3 aromatic rings. The Balaban J connectivity index is 1.60. The maximum atomic E-state index is 14.8. The van der Waals surface area contributed by atoms with Crippen molar-refractivity contribution in [2.24, 2.45) is 4.99 Å². The normalized spacial score (nSPS) is 18.7. The average Bonchev–Trinajstić information content (AvgIpc) is 3.15. The van der Waals surface area contributed by atoms with Gasteiger partial charge in [0.25, 0.3) is 0 Å². The van der Waals surface area contributed by atoms with Gasteiger partial charge in [0.2, 0.25) is 11.9 Å². The summed E-state index contributed by atoms with van der Waals surface area (Å²) >= 11 is 6.20. The topological polar surface area (TPSA) is 57.9 Å². The van der Waals surface area contributed by atoms with Crippen LogP contribution in [0.3, 0.4) is 0 Å². The van der Waals surface area contributed by atoms with Crippen LogP contribution >= 0.6 is 11.6 Å². The minimum absolute atomic E-state index is 0.327. The number of methoxy groups -OCH3 is 1. The van der Waals surface area contributed by atoms with Crippen LogP contribution in [0.2, 0.25) is 5.02 Å². The van der Waals surface area contributed by atoms with Crippen LogP contribution in [0.4, 0.5) is 10.3 Å². The molecule has 0 bridgehead atoms. The zero-order valence-electron chi connectivity index (χ0n) is 16.6. The molecule has 2 aliphatic heterocycles. The molecule has 2 aromatic carbocycles. The van der Waals surface area contributed by atoms with Crippen molar-refractivity contribution in [1.82, 2.24) is 19.8 Å². The van der Waals surface area contributed by atoms with Gasteiger partial charge in [-0.05, 0) is 36.8 Å². The van der Waals surface area contributed by atoms with Crippen LogP contribution < -0.4 is 10.2 Å². The maximum Gasteiger partial charge on any atom is 0.216 e. The zero-order valence-corrected chi connectivity index (χ0v) is 17.3. The molecule has 156 valence electrons. The van der Waals surface area contributed by atoms with Crippen molar-refractivity contribution in [2.45, 2.75) is 12.6 Å². The monoisotopic (exact) mass is 428 g/mol. The number of benzene rings is 2. The second-order valence-electron chi connectivity index (χ2n) is 7.42. The number of imidazole rings is 1. The van der Waals surface area contributed by atoms with Crippen molar-refractivity contribution in [2.75, 3.05) is 38.5 Å². The maximum absolute atomic E-state index is 14.8. The van der Waals surface area contributed by atoms with Gasteiger partial charge in [-0.15, -0.1) is 0 Å². The first-order valence-corrected chi connectivity index (χ1v) is 10.3. The second kappa shape index (κ2) is 7.86. The number of aliphatic imine (C=N–C) groups is 1. The SMILES string of the molecule is COCCCN1CN=C2N[C@@H](c3cc(Cl)ccc3F)n3c(nc4ccccc43)N2C1. The molecular weight excluding hydrogens is 407 g/mol. The minimum Gasteiger partial charge on any atom is -0.385 e. The summed E-state index contributed by atoms with van der Waals surface area (Å²) in [5, 5.41) is 3.89. The molecule has 30 heavy (non-hydrogen) atoms. The van der Waals surface area contributed by atoms with Crippen molar-refractivity contribution in [3.8, 4) is 0 Å². The average molecular weight is 429 g/mol. The standard InChI is InChI=1S/C21H22ClFN6O/c1-30-10-4-9-27-12-24-20-26-19(15-11-14(22)7-8-16(15)23)29-18-6-3-2-5-17(18)25-21(29)28(20)13-27/h2-3,5-8,11,19H,4,9-10,12-13H2,1H3,(H,24,26)/t19-/m1/s1. The summed E-state index contributed by atoms with van der Waals surface area (Å²) in [6.45, 7) is 2.78. The number of anilines is 1. The smallest absolute Gasteiger partial charge is 0.216 e. The van der Waals surface area contributed by atoms with Gasteiger partial charge in [0, 0.05) is 30.8 Å². The largest absolute Gasteiger partial charge is 0.385 e. The lowest BCUT2D eigenvalue weighted by Crippen LogP contribution is -2.57. The highest BCUT2D eigenvalue weighted by molar-refractivity contribution is 6.30. The van der Waals surface area contributed by atoms with Crippen molar-refractivity contribution >= 4 is 34.5 Å². The number of hydrogen-bond acceptors (Lipinski definition) is 6. The van der Waals surface area contributed by atoms with E-state index in [1.54, 1.807) is 19.2 Å². The number of nitrogens with one attached hydrogen (secondary N) is 1. The zero-order chi connectivity index (χ0) is 20.7. The predicted molar refractivity (Wildman–Crippen MR) is 115 cm³/mol. The van der Waals surface area contributed by atoms with E-state index in [0.717, 1.165) is 29.9 Å². The number of halogens is 2. The molecule has 0 fully saturated rings. The Morgan fingerprint density at radius 3 is 3.00 bits per heavy atom. The molecule has 2 aliphatic rings. The third-order valence-electron chi connectivity index (χ3n) is 5.44. The van der Waals surface area contributed by atoms with Crippen LogP contribution in [0.15, 0.2) is 47.5 Å². The van der Waals surface area contributed by atoms with E-state index in [-0.39, 0.29) is 5.82 Å². The summed E-state index contributed by atoms with van der Waals surface area (Å²) in [5.41, 5.74) is 2.22. The molecule has 0 saturated carbocycles. The molecule has 1 N–H and O–H groups in total. The van der Waals surface area contributed by atoms with Gasteiger partial charge >= 0.3 is 0 Å². The molecule has 0 spiro atoms. The van der Waals surface area contributed by atoms with Gasteiger partial charge in [-0.1, -0.05) is 23.7 Å². The van der Waals surface area contributed by atoms with Crippen LogP contribution in [0.5, 0.6) is 0 Å². The molecule has 0 amide bonds. The highest BCUT2D eigenvalue weighted by Crippen LogP contribution is 2.35. The van der Waals surface area contributed by atoms with Crippen molar-refractivity contribution in [3.63, 3.8) is 0 Å². The first-order valence-electron chi connectivity index (χ1n) is 9.87. The molecule has 0 saturated heterocycles. The van der Waals surface area contributed by atoms with Gasteiger partial charge < -0.3 is 10.1 Å². The van der Waals surface area contributed by atoms with E-state index in [9.17, 15) is 4.39 Å². The Morgan fingerprint density at radius 2 is 2.13 bits per heavy atom. The first-order chi connectivity index (χ1) is 14.7. The van der Waals surface area contributed by atoms with E-state index >= 15 is 0 Å². The van der Waals surface area contributed by atoms with E-state index < -0.39 is 6.17 Å². The Hall–Kier alpha value is -2.68. The van der Waals surface area contributed by atoms with Crippen LogP contribution in [0, 0.1) is 5.82 Å². The third-order valence-corrected chi connectivity index (χ3v) is 5.67. The highest BCUT2D eigenvalue weighted by atomic mass is 35.5. The van der Waals surface area contributed by atoms with Crippen LogP contribution in [-0.2, 0) is 4.74 Å². The molecule has 9 heteroatoms. The highest BCUT2D eigenvalue weighted by Gasteiger charge is 2.36. The molecule has 1 aromatic heterocycles. The molecule has 0 unspecified atom stereocenters. The number of nitrogens with zero attached hydrogens (tertiary/aromatic N) is 5. The lowest BCUT2D eigenvalue weighted by Gasteiger charge is -2.41. The Bertz CT molecular complexity index is 1120. The van der Waals surface area contributed by atoms with Crippen molar-refractivity contribution < 1.29 is 9.13 Å². The minimum atomic E-state index is -0.499. The lowest BCUT2D eigenvalue weighted by atomic mass is 10.1. The number of para-hydroxylation sites is 2. The number of rotatable bonds is 5. The van der Waals surface area contributed by atoms with E-state index in [1.165, 1.54) is 6.07 Å². The van der Waals surface area contributed by atoms with Crippen molar-refractivity contribution in [3.05, 3.63) is 58.9 Å². The molecule has 0 radical (unpaired) electrons. The fraction of sp³-hybridized carbons (Fsp3) is 0.333. The van der Waals surface area contributed by atoms with Gasteiger partial charge in [-0.25, -0.2) is 14.4 Å². The summed E-state index contributed by atoms with van der Waals surface area (Å²) in [6.07, 6.45) is 0.427.